The lowest BCUT2D eigenvalue weighted by atomic mass is 9.89. The number of aliphatic hydroxyl groups excluding tert-OH is 1. The minimum absolute atomic E-state index is 0.0158. The Bertz CT molecular complexity index is 1080. The van der Waals surface area contributed by atoms with Crippen LogP contribution in [0.5, 0.6) is 5.88 Å². The number of quaternary nitrogens is 1. The van der Waals surface area contributed by atoms with E-state index in [4.69, 9.17) is 10.2 Å². The molecule has 0 unspecified atom stereocenters. The zero-order valence-electron chi connectivity index (χ0n) is 16.8. The molecule has 2 aromatic heterocycles. The van der Waals surface area contributed by atoms with Gasteiger partial charge in [0, 0.05) is 11.6 Å². The fourth-order valence-corrected chi connectivity index (χ4v) is 2.69. The lowest BCUT2D eigenvalue weighted by Gasteiger charge is -2.21. The standard InChI is InChI=1S/C14H6N2O8.C5H14NO/c17-3-24-7-2-4(13(20)21)8-9-5(1-6(15-9)14(22)23)11(18)12(19)10(8)16-7;1-6(2,3)4-5-7/h1-3,15H,(H,20,21)(H,22,23);7H,4-5H2,1-3H3/q;+1. The van der Waals surface area contributed by atoms with Gasteiger partial charge in [-0.1, -0.05) is 0 Å². The first-order valence-electron chi connectivity index (χ1n) is 8.77. The number of likely N-dealkylation sites (N-methyl/N-ethyl adjacent to an activating group) is 1. The van der Waals surface area contributed by atoms with E-state index in [-0.39, 0.29) is 29.9 Å². The van der Waals surface area contributed by atoms with Crippen molar-refractivity contribution < 1.29 is 48.5 Å². The second-order valence-electron chi connectivity index (χ2n) is 7.42. The van der Waals surface area contributed by atoms with E-state index in [0.717, 1.165) is 23.2 Å². The number of pyridine rings is 1. The first-order chi connectivity index (χ1) is 14.4. The van der Waals surface area contributed by atoms with Crippen LogP contribution in [0, 0.1) is 0 Å². The van der Waals surface area contributed by atoms with Gasteiger partial charge in [0.1, 0.15) is 17.9 Å². The highest BCUT2D eigenvalue weighted by Gasteiger charge is 2.37. The summed E-state index contributed by atoms with van der Waals surface area (Å²) in [5.41, 5.74) is -2.06. The summed E-state index contributed by atoms with van der Waals surface area (Å²) in [7, 11) is 6.16. The number of aromatic amines is 1. The molecule has 0 amide bonds. The Kier molecular flexibility index (Phi) is 6.68. The van der Waals surface area contributed by atoms with Crippen molar-refractivity contribution in [2.24, 2.45) is 0 Å². The van der Waals surface area contributed by atoms with Gasteiger partial charge in [0.05, 0.1) is 44.6 Å². The van der Waals surface area contributed by atoms with Crippen LogP contribution in [0.4, 0.5) is 0 Å². The number of aliphatic hydroxyl groups is 1. The molecule has 0 atom stereocenters. The summed E-state index contributed by atoms with van der Waals surface area (Å²) >= 11 is 0. The number of ketones is 2. The van der Waals surface area contributed by atoms with Crippen LogP contribution in [0.1, 0.15) is 41.7 Å². The normalized spacial score (nSPS) is 12.3. The molecule has 3 rings (SSSR count). The Labute approximate surface area is 175 Å². The zero-order valence-corrected chi connectivity index (χ0v) is 16.8. The highest BCUT2D eigenvalue weighted by Crippen LogP contribution is 2.36. The third-order valence-corrected chi connectivity index (χ3v) is 4.13. The van der Waals surface area contributed by atoms with E-state index in [0.29, 0.717) is 0 Å². The molecule has 4 N–H and O–H groups in total. The van der Waals surface area contributed by atoms with Crippen LogP contribution >= 0.6 is 0 Å². The van der Waals surface area contributed by atoms with Crippen molar-refractivity contribution in [3.63, 3.8) is 0 Å². The van der Waals surface area contributed by atoms with Gasteiger partial charge in [-0.15, -0.1) is 0 Å². The summed E-state index contributed by atoms with van der Waals surface area (Å²) in [5.74, 6) is -5.53. The van der Waals surface area contributed by atoms with E-state index >= 15 is 0 Å². The van der Waals surface area contributed by atoms with Crippen LogP contribution in [0.25, 0.3) is 11.3 Å². The fraction of sp³-hybridized carbons (Fsp3) is 0.263. The van der Waals surface area contributed by atoms with E-state index in [2.05, 4.69) is 35.8 Å². The summed E-state index contributed by atoms with van der Waals surface area (Å²) in [6.45, 7) is 1.10. The molecule has 1 aliphatic rings. The number of fused-ring (bicyclic) bond motifs is 3. The van der Waals surface area contributed by atoms with E-state index in [9.17, 15) is 29.1 Å². The lowest BCUT2D eigenvalue weighted by molar-refractivity contribution is -0.870. The fourth-order valence-electron chi connectivity index (χ4n) is 2.69. The summed E-state index contributed by atoms with van der Waals surface area (Å²) in [6.07, 6.45) is 0. The molecule has 12 heteroatoms. The molecule has 0 bridgehead atoms. The largest absolute Gasteiger partial charge is 0.478 e. The number of aromatic nitrogens is 2. The molecular weight excluding hydrogens is 414 g/mol. The number of Topliss-reactive ketones (excluding diaryl/α,β-unsaturated/α-hetero) is 2. The Morgan fingerprint density at radius 2 is 1.77 bits per heavy atom. The van der Waals surface area contributed by atoms with Crippen molar-refractivity contribution in [2.45, 2.75) is 0 Å². The minimum Gasteiger partial charge on any atom is -0.478 e. The Balaban J connectivity index is 0.000000423. The van der Waals surface area contributed by atoms with E-state index in [1.807, 2.05) is 0 Å². The number of aromatic carboxylic acids is 2. The molecule has 164 valence electrons. The van der Waals surface area contributed by atoms with Crippen molar-refractivity contribution in [3.05, 3.63) is 34.6 Å². The van der Waals surface area contributed by atoms with E-state index in [1.54, 1.807) is 0 Å². The molecule has 0 spiro atoms. The van der Waals surface area contributed by atoms with Crippen molar-refractivity contribution in [2.75, 3.05) is 34.3 Å². The van der Waals surface area contributed by atoms with Gasteiger partial charge >= 0.3 is 11.9 Å². The smallest absolute Gasteiger partial charge is 0.352 e. The number of carbonyl (C=O) groups is 5. The van der Waals surface area contributed by atoms with Crippen LogP contribution < -0.4 is 4.74 Å². The number of hydrogen-bond donors (Lipinski definition) is 4. The average molecular weight is 434 g/mol. The molecule has 12 nitrogen and oxygen atoms in total. The second kappa shape index (κ2) is 8.85. The maximum absolute atomic E-state index is 12.2. The number of carboxylic acid groups (broad SMARTS) is 2. The first-order valence-corrected chi connectivity index (χ1v) is 8.77. The molecule has 2 aromatic rings. The monoisotopic (exact) mass is 434 g/mol. The maximum atomic E-state index is 12.2. The third-order valence-electron chi connectivity index (χ3n) is 4.13. The topological polar surface area (TPSA) is 184 Å². The quantitative estimate of drug-likeness (QED) is 0.276. The summed E-state index contributed by atoms with van der Waals surface area (Å²) < 4.78 is 5.30. The summed E-state index contributed by atoms with van der Waals surface area (Å²) in [5, 5.41) is 26.7. The Hall–Kier alpha value is -3.90. The number of nitrogens with one attached hydrogen (secondary N) is 1. The summed E-state index contributed by atoms with van der Waals surface area (Å²) in [6, 6.07) is 1.84. The molecule has 2 heterocycles. The predicted octanol–water partition coefficient (Wildman–Crippen LogP) is 0.0722. The molecule has 0 saturated heterocycles. The van der Waals surface area contributed by atoms with Gasteiger partial charge in [0.25, 0.3) is 12.3 Å². The highest BCUT2D eigenvalue weighted by atomic mass is 16.5. The second-order valence-corrected chi connectivity index (χ2v) is 7.42. The van der Waals surface area contributed by atoms with Gasteiger partial charge in [-0.3, -0.25) is 14.4 Å². The van der Waals surface area contributed by atoms with Crippen LogP contribution in [0.3, 0.4) is 0 Å². The van der Waals surface area contributed by atoms with Gasteiger partial charge < -0.3 is 29.5 Å². The molecule has 0 fully saturated rings. The average Bonchev–Trinajstić information content (AvgIpc) is 3.11. The van der Waals surface area contributed by atoms with Crippen molar-refractivity contribution >= 4 is 30.0 Å². The lowest BCUT2D eigenvalue weighted by Crippen LogP contribution is -2.36. The molecule has 1 aliphatic carbocycles. The van der Waals surface area contributed by atoms with Crippen molar-refractivity contribution in [1.82, 2.24) is 9.97 Å². The molecule has 0 aliphatic heterocycles. The Morgan fingerprint density at radius 1 is 1.13 bits per heavy atom. The number of hydrogen-bond acceptors (Lipinski definition) is 8. The van der Waals surface area contributed by atoms with Gasteiger partial charge in [0.15, 0.2) is 0 Å². The van der Waals surface area contributed by atoms with Crippen molar-refractivity contribution in [1.29, 1.82) is 0 Å². The molecule has 0 aromatic carbocycles. The van der Waals surface area contributed by atoms with Gasteiger partial charge in [-0.05, 0) is 6.07 Å². The number of H-pyrrole nitrogens is 1. The first kappa shape index (κ1) is 23.4. The van der Waals surface area contributed by atoms with Gasteiger partial charge in [-0.25, -0.2) is 14.6 Å². The minimum atomic E-state index is -1.48. The van der Waals surface area contributed by atoms with Crippen LogP contribution in [0.15, 0.2) is 12.1 Å². The number of carbonyl (C=O) groups excluding carboxylic acids is 3. The van der Waals surface area contributed by atoms with Gasteiger partial charge in [-0.2, -0.15) is 0 Å². The molecule has 31 heavy (non-hydrogen) atoms. The Morgan fingerprint density at radius 3 is 2.23 bits per heavy atom. The number of rotatable bonds is 6. The van der Waals surface area contributed by atoms with Crippen LogP contribution in [0.2, 0.25) is 0 Å². The summed E-state index contributed by atoms with van der Waals surface area (Å²) in [4.78, 5) is 63.3. The number of carboxylic acids is 2. The van der Waals surface area contributed by atoms with E-state index < -0.39 is 46.3 Å². The molecule has 0 radical (unpaired) electrons. The number of nitrogens with zero attached hydrogens (tertiary/aromatic N) is 2. The maximum Gasteiger partial charge on any atom is 0.352 e. The SMILES string of the molecule is C[N+](C)(C)CCO.O=COc1cc(C(=O)O)c2c(n1)C(=O)C(=O)c1cc(C(=O)O)[nH]c1-2. The predicted molar refractivity (Wildman–Crippen MR) is 103 cm³/mol. The zero-order chi connectivity index (χ0) is 23.5. The highest BCUT2D eigenvalue weighted by molar-refractivity contribution is 6.52. The van der Waals surface area contributed by atoms with Crippen molar-refractivity contribution in [3.8, 4) is 17.1 Å². The third kappa shape index (κ3) is 4.99. The number of ether oxygens (including phenoxy) is 1. The van der Waals surface area contributed by atoms with Gasteiger partial charge in [0.2, 0.25) is 11.7 Å². The van der Waals surface area contributed by atoms with E-state index in [1.165, 1.54) is 0 Å². The molecule has 0 saturated carbocycles. The van der Waals surface area contributed by atoms with Crippen LogP contribution in [-0.2, 0) is 4.79 Å². The molecular formula is C19H20N3O9+. The van der Waals surface area contributed by atoms with Crippen LogP contribution in [-0.4, -0.2) is 94.0 Å².